The lowest BCUT2D eigenvalue weighted by Crippen LogP contribution is -2.49. The number of ether oxygens (including phenoxy) is 1. The summed E-state index contributed by atoms with van der Waals surface area (Å²) in [5, 5.41) is 5.89. The van der Waals surface area contributed by atoms with Gasteiger partial charge in [-0.15, -0.1) is 6.58 Å². The Kier molecular flexibility index (Phi) is 8.06. The van der Waals surface area contributed by atoms with E-state index in [1.54, 1.807) is 6.20 Å². The SMILES string of the molecule is C=CC1C[C@H](OC(=O)C2(c3ccccc3)CCCCC2)C1CCNCC(=O)Nc1cnccn1. The molecule has 34 heavy (non-hydrogen) atoms. The van der Waals surface area contributed by atoms with Gasteiger partial charge in [-0.3, -0.25) is 14.6 Å². The quantitative estimate of drug-likeness (QED) is 0.315. The molecule has 2 N–H and O–H groups in total. The molecule has 0 saturated heterocycles. The lowest BCUT2D eigenvalue weighted by molar-refractivity contribution is -0.170. The van der Waals surface area contributed by atoms with Crippen LogP contribution in [0.2, 0.25) is 0 Å². The minimum atomic E-state index is -0.528. The smallest absolute Gasteiger partial charge is 0.316 e. The third kappa shape index (κ3) is 5.53. The third-order valence-corrected chi connectivity index (χ3v) is 7.29. The van der Waals surface area contributed by atoms with Crippen molar-refractivity contribution in [1.29, 1.82) is 0 Å². The Hall–Kier alpha value is -3.06. The van der Waals surface area contributed by atoms with Crippen LogP contribution in [0.15, 0.2) is 61.6 Å². The normalized spacial score (nSPS) is 23.4. The van der Waals surface area contributed by atoms with Crippen molar-refractivity contribution in [2.45, 2.75) is 56.5 Å². The molecule has 7 heteroatoms. The van der Waals surface area contributed by atoms with Crippen LogP contribution < -0.4 is 10.6 Å². The number of amides is 1. The predicted molar refractivity (Wildman–Crippen MR) is 131 cm³/mol. The number of anilines is 1. The molecule has 180 valence electrons. The van der Waals surface area contributed by atoms with Crippen molar-refractivity contribution < 1.29 is 14.3 Å². The van der Waals surface area contributed by atoms with Crippen molar-refractivity contribution in [1.82, 2.24) is 15.3 Å². The Labute approximate surface area is 201 Å². The molecule has 7 nitrogen and oxygen atoms in total. The molecule has 0 bridgehead atoms. The van der Waals surface area contributed by atoms with Gasteiger partial charge in [0.25, 0.3) is 0 Å². The van der Waals surface area contributed by atoms with E-state index < -0.39 is 5.41 Å². The van der Waals surface area contributed by atoms with Gasteiger partial charge in [-0.05, 0) is 43.7 Å². The van der Waals surface area contributed by atoms with E-state index in [2.05, 4.69) is 39.3 Å². The summed E-state index contributed by atoms with van der Waals surface area (Å²) in [6, 6.07) is 10.1. The van der Waals surface area contributed by atoms with Crippen molar-refractivity contribution >= 4 is 17.7 Å². The first kappa shape index (κ1) is 24.1. The molecule has 2 unspecified atom stereocenters. The zero-order valence-corrected chi connectivity index (χ0v) is 19.6. The second-order valence-corrected chi connectivity index (χ2v) is 9.36. The van der Waals surface area contributed by atoms with Gasteiger partial charge in [-0.1, -0.05) is 55.7 Å². The van der Waals surface area contributed by atoms with Crippen molar-refractivity contribution in [3.05, 3.63) is 67.1 Å². The van der Waals surface area contributed by atoms with Crippen molar-refractivity contribution in [2.24, 2.45) is 11.8 Å². The summed E-state index contributed by atoms with van der Waals surface area (Å²) in [5.74, 6) is 0.731. The minimum Gasteiger partial charge on any atom is -0.461 e. The van der Waals surface area contributed by atoms with Gasteiger partial charge in [0.15, 0.2) is 5.82 Å². The Morgan fingerprint density at radius 1 is 1.15 bits per heavy atom. The first-order chi connectivity index (χ1) is 16.6. The van der Waals surface area contributed by atoms with Crippen molar-refractivity contribution in [3.63, 3.8) is 0 Å². The molecular weight excluding hydrogens is 428 g/mol. The fourth-order valence-corrected chi connectivity index (χ4v) is 5.30. The summed E-state index contributed by atoms with van der Waals surface area (Å²) in [7, 11) is 0. The molecule has 1 amide bonds. The maximum atomic E-state index is 13.5. The number of benzene rings is 1. The summed E-state index contributed by atoms with van der Waals surface area (Å²) >= 11 is 0. The fourth-order valence-electron chi connectivity index (χ4n) is 5.30. The number of aromatic nitrogens is 2. The second-order valence-electron chi connectivity index (χ2n) is 9.36. The number of nitrogens with one attached hydrogen (secondary N) is 2. The summed E-state index contributed by atoms with van der Waals surface area (Å²) < 4.78 is 6.18. The minimum absolute atomic E-state index is 0.0766. The van der Waals surface area contributed by atoms with E-state index in [1.807, 2.05) is 24.3 Å². The van der Waals surface area contributed by atoms with Crippen molar-refractivity contribution in [2.75, 3.05) is 18.4 Å². The van der Waals surface area contributed by atoms with Gasteiger partial charge < -0.3 is 15.4 Å². The molecule has 3 atom stereocenters. The molecule has 2 aliphatic rings. The largest absolute Gasteiger partial charge is 0.461 e. The fraction of sp³-hybridized carbons (Fsp3) is 0.481. The van der Waals surface area contributed by atoms with E-state index in [4.69, 9.17) is 4.74 Å². The van der Waals surface area contributed by atoms with E-state index in [1.165, 1.54) is 18.8 Å². The number of esters is 1. The standard InChI is InChI=1S/C27H34N4O3/c1-2-20-17-23(22(20)11-14-28-19-25(32)31-24-18-29-15-16-30-24)34-26(33)27(12-7-4-8-13-27)21-9-5-3-6-10-21/h2-3,5-6,9-10,15-16,18,20,22-23,28H,1,4,7-8,11-14,17,19H2,(H,30,31,32)/t20?,22?,23-/m0/s1. The molecule has 2 aromatic rings. The van der Waals surface area contributed by atoms with Crippen LogP contribution in [0.3, 0.4) is 0 Å². The van der Waals surface area contributed by atoms with E-state index in [0.717, 1.165) is 44.1 Å². The molecule has 1 heterocycles. The Bertz CT molecular complexity index is 960. The maximum Gasteiger partial charge on any atom is 0.316 e. The van der Waals surface area contributed by atoms with Crippen molar-refractivity contribution in [3.8, 4) is 0 Å². The average Bonchev–Trinajstić information content (AvgIpc) is 2.87. The van der Waals surface area contributed by atoms with Crippen LogP contribution >= 0.6 is 0 Å². The molecule has 1 aromatic heterocycles. The highest BCUT2D eigenvalue weighted by atomic mass is 16.5. The van der Waals surface area contributed by atoms with E-state index >= 15 is 0 Å². The molecule has 0 spiro atoms. The zero-order valence-electron chi connectivity index (χ0n) is 19.6. The summed E-state index contributed by atoms with van der Waals surface area (Å²) in [6.07, 6.45) is 13.0. The number of hydrogen-bond donors (Lipinski definition) is 2. The Balaban J connectivity index is 1.30. The predicted octanol–water partition coefficient (Wildman–Crippen LogP) is 4.03. The van der Waals surface area contributed by atoms with E-state index in [0.29, 0.717) is 18.3 Å². The summed E-state index contributed by atoms with van der Waals surface area (Å²) in [5.41, 5.74) is 0.548. The number of nitrogens with zero attached hydrogens (tertiary/aromatic N) is 2. The highest BCUT2D eigenvalue weighted by Gasteiger charge is 2.47. The van der Waals surface area contributed by atoms with Crippen LogP contribution in [0.5, 0.6) is 0 Å². The molecule has 1 aromatic carbocycles. The lowest BCUT2D eigenvalue weighted by atomic mass is 9.67. The van der Waals surface area contributed by atoms with Crippen LogP contribution in [0, 0.1) is 11.8 Å². The number of carbonyl (C=O) groups is 2. The monoisotopic (exact) mass is 462 g/mol. The van der Waals surface area contributed by atoms with Gasteiger partial charge in [0.1, 0.15) is 6.10 Å². The number of hydrogen-bond acceptors (Lipinski definition) is 6. The van der Waals surface area contributed by atoms with Crippen LogP contribution in [-0.4, -0.2) is 41.0 Å². The van der Waals surface area contributed by atoms with E-state index in [-0.39, 0.29) is 30.4 Å². The van der Waals surface area contributed by atoms with Gasteiger partial charge in [0.05, 0.1) is 18.2 Å². The zero-order chi connectivity index (χ0) is 23.8. The number of rotatable bonds is 10. The molecule has 2 saturated carbocycles. The number of carbonyl (C=O) groups excluding carboxylic acids is 2. The maximum absolute atomic E-state index is 13.5. The van der Waals surface area contributed by atoms with Gasteiger partial charge in [-0.25, -0.2) is 4.98 Å². The first-order valence-corrected chi connectivity index (χ1v) is 12.3. The Morgan fingerprint density at radius 3 is 2.65 bits per heavy atom. The third-order valence-electron chi connectivity index (χ3n) is 7.29. The van der Waals surface area contributed by atoms with Crippen LogP contribution in [-0.2, 0) is 19.7 Å². The molecule has 2 fully saturated rings. The van der Waals surface area contributed by atoms with Crippen LogP contribution in [0.25, 0.3) is 0 Å². The van der Waals surface area contributed by atoms with Gasteiger partial charge in [0.2, 0.25) is 5.91 Å². The van der Waals surface area contributed by atoms with E-state index in [9.17, 15) is 9.59 Å². The Morgan fingerprint density at radius 2 is 1.94 bits per heavy atom. The molecule has 2 aliphatic carbocycles. The highest BCUT2D eigenvalue weighted by molar-refractivity contribution is 5.91. The summed E-state index contributed by atoms with van der Waals surface area (Å²) in [4.78, 5) is 33.6. The average molecular weight is 463 g/mol. The molecule has 4 rings (SSSR count). The first-order valence-electron chi connectivity index (χ1n) is 12.3. The summed E-state index contributed by atoms with van der Waals surface area (Å²) in [6.45, 7) is 4.80. The topological polar surface area (TPSA) is 93.2 Å². The molecular formula is C27H34N4O3. The molecule has 0 aliphatic heterocycles. The lowest BCUT2D eigenvalue weighted by Gasteiger charge is -2.45. The van der Waals surface area contributed by atoms with Gasteiger partial charge >= 0.3 is 5.97 Å². The second kappa shape index (κ2) is 11.4. The number of allylic oxidation sites excluding steroid dienone is 1. The van der Waals surface area contributed by atoms with Crippen LogP contribution in [0.4, 0.5) is 5.82 Å². The van der Waals surface area contributed by atoms with Gasteiger partial charge in [0, 0.05) is 18.3 Å². The van der Waals surface area contributed by atoms with Crippen LogP contribution in [0.1, 0.15) is 50.5 Å². The molecule has 0 radical (unpaired) electrons. The van der Waals surface area contributed by atoms with Gasteiger partial charge in [-0.2, -0.15) is 0 Å². The highest BCUT2D eigenvalue weighted by Crippen LogP contribution is 2.44.